The van der Waals surface area contributed by atoms with Crippen LogP contribution in [-0.4, -0.2) is 33.4 Å². The molecule has 158 valence electrons. The molecule has 0 spiro atoms. The van der Waals surface area contributed by atoms with Crippen molar-refractivity contribution >= 4 is 17.0 Å². The number of nitrogens with zero attached hydrogens (tertiary/aromatic N) is 1. The van der Waals surface area contributed by atoms with E-state index < -0.39 is 5.60 Å². The maximum Gasteiger partial charge on any atom is 0.112 e. The van der Waals surface area contributed by atoms with E-state index in [1.165, 1.54) is 22.2 Å². The Morgan fingerprint density at radius 1 is 1.17 bits per heavy atom. The highest BCUT2D eigenvalue weighted by Gasteiger charge is 2.29. The van der Waals surface area contributed by atoms with Gasteiger partial charge in [0.05, 0.1) is 17.0 Å². The zero-order chi connectivity index (χ0) is 20.7. The van der Waals surface area contributed by atoms with Gasteiger partial charge in [-0.15, -0.1) is 0 Å². The minimum absolute atomic E-state index is 0.517. The monoisotopic (exact) mass is 404 g/mol. The van der Waals surface area contributed by atoms with Crippen LogP contribution in [0.1, 0.15) is 74.3 Å². The molecule has 1 aromatic carbocycles. The molecule has 0 atom stereocenters. The second kappa shape index (κ2) is 7.71. The highest BCUT2D eigenvalue weighted by molar-refractivity contribution is 5.92. The maximum absolute atomic E-state index is 11.1. The molecular formula is C25H32N4O. The Hall–Kier alpha value is -2.37. The molecule has 2 aliphatic rings. The van der Waals surface area contributed by atoms with Crippen LogP contribution in [0.25, 0.3) is 28.4 Å². The van der Waals surface area contributed by atoms with E-state index in [2.05, 4.69) is 59.6 Å². The Morgan fingerprint density at radius 3 is 2.73 bits per heavy atom. The van der Waals surface area contributed by atoms with Gasteiger partial charge in [0.1, 0.15) is 5.69 Å². The van der Waals surface area contributed by atoms with Crippen molar-refractivity contribution in [2.24, 2.45) is 0 Å². The van der Waals surface area contributed by atoms with Gasteiger partial charge in [0.25, 0.3) is 0 Å². The van der Waals surface area contributed by atoms with Crippen molar-refractivity contribution < 1.29 is 5.11 Å². The minimum atomic E-state index is -0.773. The van der Waals surface area contributed by atoms with Gasteiger partial charge in [0, 0.05) is 16.5 Å². The third-order valence-electron chi connectivity index (χ3n) is 7.27. The summed E-state index contributed by atoms with van der Waals surface area (Å²) >= 11 is 0. The number of allylic oxidation sites excluding steroid dienone is 1. The SMILES string of the molecule is CCC(O)(CC)c1ccc2c(C3CCNCC3)c(-c3n[nH]c4c3CCC=C4)[nH]c2c1. The molecule has 0 unspecified atom stereocenters. The Labute approximate surface area is 178 Å². The van der Waals surface area contributed by atoms with Crippen LogP contribution in [0, 0.1) is 0 Å². The largest absolute Gasteiger partial charge is 0.385 e. The fourth-order valence-corrected chi connectivity index (χ4v) is 5.29. The van der Waals surface area contributed by atoms with Crippen molar-refractivity contribution in [3.05, 3.63) is 46.7 Å². The molecule has 2 aromatic heterocycles. The highest BCUT2D eigenvalue weighted by atomic mass is 16.3. The van der Waals surface area contributed by atoms with Gasteiger partial charge in [0.2, 0.25) is 0 Å². The number of aliphatic hydroxyl groups is 1. The Morgan fingerprint density at radius 2 is 1.97 bits per heavy atom. The molecule has 4 N–H and O–H groups in total. The molecule has 0 amide bonds. The summed E-state index contributed by atoms with van der Waals surface area (Å²) in [6.45, 7) is 6.22. The van der Waals surface area contributed by atoms with Gasteiger partial charge in [-0.3, -0.25) is 5.10 Å². The van der Waals surface area contributed by atoms with Crippen molar-refractivity contribution in [2.75, 3.05) is 13.1 Å². The molecule has 0 saturated carbocycles. The summed E-state index contributed by atoms with van der Waals surface area (Å²) in [4.78, 5) is 3.74. The normalized spacial score (nSPS) is 17.6. The summed E-state index contributed by atoms with van der Waals surface area (Å²) in [6.07, 6.45) is 10.2. The molecule has 5 nitrogen and oxygen atoms in total. The number of nitrogens with one attached hydrogen (secondary N) is 3. The predicted octanol–water partition coefficient (Wildman–Crippen LogP) is 4.99. The van der Waals surface area contributed by atoms with Crippen LogP contribution in [0.2, 0.25) is 0 Å². The summed E-state index contributed by atoms with van der Waals surface area (Å²) in [5.41, 5.74) is 7.43. The van der Waals surface area contributed by atoms with Gasteiger partial charge in [-0.05, 0) is 80.8 Å². The van der Waals surface area contributed by atoms with Crippen molar-refractivity contribution in [2.45, 2.75) is 63.9 Å². The van der Waals surface area contributed by atoms with Gasteiger partial charge < -0.3 is 15.4 Å². The van der Waals surface area contributed by atoms with Gasteiger partial charge in [-0.2, -0.15) is 5.10 Å². The number of rotatable bonds is 5. The van der Waals surface area contributed by atoms with E-state index in [1.54, 1.807) is 0 Å². The summed E-state index contributed by atoms with van der Waals surface area (Å²) in [7, 11) is 0. The zero-order valence-electron chi connectivity index (χ0n) is 18.0. The van der Waals surface area contributed by atoms with E-state index in [0.717, 1.165) is 61.2 Å². The number of aromatic nitrogens is 3. The predicted molar refractivity (Wildman–Crippen MR) is 123 cm³/mol. The van der Waals surface area contributed by atoms with E-state index >= 15 is 0 Å². The van der Waals surface area contributed by atoms with Crippen molar-refractivity contribution in [1.29, 1.82) is 0 Å². The number of hydrogen-bond acceptors (Lipinski definition) is 3. The van der Waals surface area contributed by atoms with Gasteiger partial charge in [-0.1, -0.05) is 32.1 Å². The number of piperidine rings is 1. The number of hydrogen-bond donors (Lipinski definition) is 4. The lowest BCUT2D eigenvalue weighted by atomic mass is 9.85. The molecule has 0 radical (unpaired) electrons. The fraction of sp³-hybridized carbons (Fsp3) is 0.480. The second-order valence-electron chi connectivity index (χ2n) is 8.84. The van der Waals surface area contributed by atoms with Gasteiger partial charge in [-0.25, -0.2) is 0 Å². The van der Waals surface area contributed by atoms with E-state index in [1.807, 2.05) is 0 Å². The number of H-pyrrole nitrogens is 2. The Kier molecular flexibility index (Phi) is 5.03. The van der Waals surface area contributed by atoms with Crippen molar-refractivity contribution in [3.8, 4) is 11.4 Å². The molecule has 5 rings (SSSR count). The number of aromatic amines is 2. The van der Waals surface area contributed by atoms with E-state index in [0.29, 0.717) is 18.8 Å². The molecule has 1 fully saturated rings. The first-order valence-electron chi connectivity index (χ1n) is 11.5. The van der Waals surface area contributed by atoms with Gasteiger partial charge >= 0.3 is 0 Å². The van der Waals surface area contributed by atoms with Crippen LogP contribution < -0.4 is 5.32 Å². The average molecular weight is 405 g/mol. The zero-order valence-corrected chi connectivity index (χ0v) is 18.0. The molecule has 1 aliphatic carbocycles. The molecular weight excluding hydrogens is 372 g/mol. The lowest BCUT2D eigenvalue weighted by Crippen LogP contribution is -2.26. The summed E-state index contributed by atoms with van der Waals surface area (Å²) < 4.78 is 0. The van der Waals surface area contributed by atoms with Crippen LogP contribution >= 0.6 is 0 Å². The van der Waals surface area contributed by atoms with Gasteiger partial charge in [0.15, 0.2) is 0 Å². The lowest BCUT2D eigenvalue weighted by molar-refractivity contribution is 0.0285. The first-order chi connectivity index (χ1) is 14.6. The van der Waals surface area contributed by atoms with Crippen LogP contribution in [0.3, 0.4) is 0 Å². The Bertz CT molecular complexity index is 1080. The lowest BCUT2D eigenvalue weighted by Gasteiger charge is -2.26. The number of fused-ring (bicyclic) bond motifs is 2. The van der Waals surface area contributed by atoms with E-state index in [4.69, 9.17) is 5.10 Å². The quantitative estimate of drug-likeness (QED) is 0.484. The van der Waals surface area contributed by atoms with Crippen LogP contribution in [0.4, 0.5) is 0 Å². The minimum Gasteiger partial charge on any atom is -0.385 e. The van der Waals surface area contributed by atoms with E-state index in [-0.39, 0.29) is 0 Å². The molecule has 0 bridgehead atoms. The van der Waals surface area contributed by atoms with Crippen LogP contribution in [0.5, 0.6) is 0 Å². The first-order valence-corrected chi connectivity index (χ1v) is 11.5. The first kappa shape index (κ1) is 19.6. The smallest absolute Gasteiger partial charge is 0.112 e. The number of benzene rings is 1. The molecule has 1 saturated heterocycles. The molecule has 1 aliphatic heterocycles. The fourth-order valence-electron chi connectivity index (χ4n) is 5.29. The average Bonchev–Trinajstić information content (AvgIpc) is 3.39. The van der Waals surface area contributed by atoms with Crippen LogP contribution in [0.15, 0.2) is 24.3 Å². The third-order valence-corrected chi connectivity index (χ3v) is 7.27. The van der Waals surface area contributed by atoms with Crippen LogP contribution in [-0.2, 0) is 12.0 Å². The standard InChI is InChI=1S/C25H32N4O/c1-3-25(30,4-2)17-9-10-18-21(15-17)27-24(22(18)16-11-13-26-14-12-16)23-19-7-5-6-8-20(19)28-29-23/h6,8-10,15-16,26-27,30H,3-5,7,11-14H2,1-2H3,(H,28,29). The van der Waals surface area contributed by atoms with E-state index in [9.17, 15) is 5.11 Å². The second-order valence-corrected chi connectivity index (χ2v) is 8.84. The van der Waals surface area contributed by atoms with Crippen molar-refractivity contribution in [1.82, 2.24) is 20.5 Å². The third kappa shape index (κ3) is 3.12. The molecule has 3 heterocycles. The summed E-state index contributed by atoms with van der Waals surface area (Å²) in [5.74, 6) is 0.517. The summed E-state index contributed by atoms with van der Waals surface area (Å²) in [5, 5.41) is 23.8. The maximum atomic E-state index is 11.1. The van der Waals surface area contributed by atoms with Crippen molar-refractivity contribution in [3.63, 3.8) is 0 Å². The molecule has 3 aromatic rings. The molecule has 30 heavy (non-hydrogen) atoms. The highest BCUT2D eigenvalue weighted by Crippen LogP contribution is 2.42. The Balaban J connectivity index is 1.70. The summed E-state index contributed by atoms with van der Waals surface area (Å²) in [6, 6.07) is 6.51. The molecule has 5 heteroatoms. The topological polar surface area (TPSA) is 76.7 Å².